The number of hydrogen-bond donors (Lipinski definition) is 1. The molecule has 2 amide bonds. The summed E-state index contributed by atoms with van der Waals surface area (Å²) < 4.78 is 18.9. The van der Waals surface area contributed by atoms with Crippen molar-refractivity contribution in [1.29, 1.82) is 0 Å². The molecule has 4 rings (SSSR count). The van der Waals surface area contributed by atoms with E-state index in [0.717, 1.165) is 44.6 Å². The number of benzene rings is 1. The topological polar surface area (TPSA) is 74.3 Å². The maximum Gasteiger partial charge on any atom is 0.320 e. The van der Waals surface area contributed by atoms with E-state index in [2.05, 4.69) is 15.4 Å². The van der Waals surface area contributed by atoms with E-state index >= 15 is 0 Å². The maximum absolute atomic E-state index is 13.1. The lowest BCUT2D eigenvalue weighted by molar-refractivity contribution is 0.124. The number of aromatic amines is 1. The zero-order valence-electron chi connectivity index (χ0n) is 15.5. The van der Waals surface area contributed by atoms with E-state index in [9.17, 15) is 9.18 Å². The van der Waals surface area contributed by atoms with Gasteiger partial charge in [0.1, 0.15) is 11.6 Å². The third-order valence-electron chi connectivity index (χ3n) is 5.56. The predicted octanol–water partition coefficient (Wildman–Crippen LogP) is 3.30. The third-order valence-corrected chi connectivity index (χ3v) is 5.86. The average molecular weight is 408 g/mol. The molecule has 2 aliphatic rings. The number of piperidine rings is 1. The van der Waals surface area contributed by atoms with Gasteiger partial charge in [0.05, 0.1) is 23.5 Å². The van der Waals surface area contributed by atoms with E-state index in [-0.39, 0.29) is 22.8 Å². The van der Waals surface area contributed by atoms with Gasteiger partial charge in [-0.3, -0.25) is 0 Å². The smallest absolute Gasteiger partial charge is 0.320 e. The van der Waals surface area contributed by atoms with Gasteiger partial charge in [0, 0.05) is 32.1 Å². The van der Waals surface area contributed by atoms with Gasteiger partial charge in [-0.1, -0.05) is 11.6 Å². The first kappa shape index (κ1) is 19.0. The van der Waals surface area contributed by atoms with Gasteiger partial charge in [-0.15, -0.1) is 0 Å². The Hall–Kier alpha value is -2.35. The number of ether oxygens (including phenoxy) is 1. The Morgan fingerprint density at radius 2 is 2.04 bits per heavy atom. The first-order chi connectivity index (χ1) is 13.6. The maximum atomic E-state index is 13.1. The second-order valence-corrected chi connectivity index (χ2v) is 7.83. The minimum atomic E-state index is -0.378. The average Bonchev–Trinajstić information content (AvgIpc) is 3.39. The number of nitrogens with one attached hydrogen (secondary N) is 1. The van der Waals surface area contributed by atoms with Crippen molar-refractivity contribution in [2.75, 3.05) is 32.8 Å². The van der Waals surface area contributed by atoms with Crippen LogP contribution in [0.2, 0.25) is 5.02 Å². The molecular weight excluding hydrogens is 385 g/mol. The number of halogens is 2. The van der Waals surface area contributed by atoms with Crippen molar-refractivity contribution >= 4 is 17.6 Å². The summed E-state index contributed by atoms with van der Waals surface area (Å²) >= 11 is 6.00. The molecular formula is C19H23ClFN5O2. The zero-order chi connectivity index (χ0) is 19.5. The Balaban J connectivity index is 1.23. The van der Waals surface area contributed by atoms with Crippen LogP contribution in [0.3, 0.4) is 0 Å². The number of carbonyl (C=O) groups excluding carboxylic acids is 1. The molecule has 0 radical (unpaired) electrons. The Morgan fingerprint density at radius 1 is 1.25 bits per heavy atom. The molecule has 2 fully saturated rings. The molecule has 1 N–H and O–H groups in total. The lowest BCUT2D eigenvalue weighted by Crippen LogP contribution is -2.46. The second-order valence-electron chi connectivity index (χ2n) is 7.43. The van der Waals surface area contributed by atoms with Crippen molar-refractivity contribution in [2.24, 2.45) is 5.92 Å². The van der Waals surface area contributed by atoms with Crippen LogP contribution >= 0.6 is 11.6 Å². The molecule has 150 valence electrons. The Kier molecular flexibility index (Phi) is 5.66. The van der Waals surface area contributed by atoms with E-state index in [4.69, 9.17) is 16.3 Å². The van der Waals surface area contributed by atoms with Crippen LogP contribution in [0.5, 0.6) is 5.75 Å². The predicted molar refractivity (Wildman–Crippen MR) is 102 cm³/mol. The molecule has 1 atom stereocenters. The molecule has 1 aromatic carbocycles. The first-order valence-corrected chi connectivity index (χ1v) is 9.95. The third kappa shape index (κ3) is 4.22. The molecule has 2 aromatic rings. The molecule has 28 heavy (non-hydrogen) atoms. The number of H-pyrrole nitrogens is 1. The molecule has 0 bridgehead atoms. The summed E-state index contributed by atoms with van der Waals surface area (Å²) in [6.45, 7) is 3.40. The van der Waals surface area contributed by atoms with Crippen LogP contribution < -0.4 is 4.74 Å². The van der Waals surface area contributed by atoms with Gasteiger partial charge < -0.3 is 14.5 Å². The number of hydrogen-bond acceptors (Lipinski definition) is 4. The van der Waals surface area contributed by atoms with Crippen LogP contribution in [-0.4, -0.2) is 64.0 Å². The van der Waals surface area contributed by atoms with Crippen LogP contribution in [0.25, 0.3) is 0 Å². The normalized spacial score (nSPS) is 20.6. The highest BCUT2D eigenvalue weighted by Crippen LogP contribution is 2.29. The molecule has 1 aromatic heterocycles. The fourth-order valence-electron chi connectivity index (χ4n) is 3.87. The standard InChI is InChI=1S/C19H23ClFN5O2/c20-16-9-15(21)1-2-18(16)28-12-13-3-6-25(7-4-13)19(27)26-8-5-14(11-26)17-10-22-24-23-17/h1-2,9-10,13-14H,3-8,11-12H2,(H,22,23,24)/t14-/m0/s1. The number of amides is 2. The van der Waals surface area contributed by atoms with E-state index < -0.39 is 0 Å². The first-order valence-electron chi connectivity index (χ1n) is 9.57. The van der Waals surface area contributed by atoms with Gasteiger partial charge in [-0.25, -0.2) is 9.18 Å². The fraction of sp³-hybridized carbons (Fsp3) is 0.526. The van der Waals surface area contributed by atoms with Gasteiger partial charge in [0.25, 0.3) is 0 Å². The van der Waals surface area contributed by atoms with Crippen LogP contribution in [-0.2, 0) is 0 Å². The quantitative estimate of drug-likeness (QED) is 0.843. The zero-order valence-corrected chi connectivity index (χ0v) is 16.2. The van der Waals surface area contributed by atoms with Crippen LogP contribution in [0.4, 0.5) is 9.18 Å². The van der Waals surface area contributed by atoms with Crippen molar-refractivity contribution in [2.45, 2.75) is 25.2 Å². The summed E-state index contributed by atoms with van der Waals surface area (Å²) in [5.74, 6) is 0.732. The molecule has 3 heterocycles. The summed E-state index contributed by atoms with van der Waals surface area (Å²) in [6.07, 6.45) is 4.41. The minimum absolute atomic E-state index is 0.104. The summed E-state index contributed by atoms with van der Waals surface area (Å²) in [5, 5.41) is 10.9. The lowest BCUT2D eigenvalue weighted by atomic mass is 9.98. The SMILES string of the molecule is O=C(N1CCC(COc2ccc(F)cc2Cl)CC1)N1CC[C@H](c2cn[nH]n2)C1. The molecule has 0 aliphatic carbocycles. The number of aromatic nitrogens is 3. The number of urea groups is 1. The monoisotopic (exact) mass is 407 g/mol. The van der Waals surface area contributed by atoms with Crippen molar-refractivity contribution in [3.8, 4) is 5.75 Å². The van der Waals surface area contributed by atoms with Crippen LogP contribution in [0.1, 0.15) is 30.9 Å². The largest absolute Gasteiger partial charge is 0.492 e. The summed E-state index contributed by atoms with van der Waals surface area (Å²) in [4.78, 5) is 16.6. The molecule has 0 unspecified atom stereocenters. The minimum Gasteiger partial charge on any atom is -0.492 e. The Morgan fingerprint density at radius 3 is 2.75 bits per heavy atom. The molecule has 7 nitrogen and oxygen atoms in total. The highest BCUT2D eigenvalue weighted by molar-refractivity contribution is 6.32. The summed E-state index contributed by atoms with van der Waals surface area (Å²) in [5.41, 5.74) is 0.922. The van der Waals surface area contributed by atoms with Crippen molar-refractivity contribution in [1.82, 2.24) is 25.2 Å². The van der Waals surface area contributed by atoms with E-state index in [1.165, 1.54) is 12.1 Å². The van der Waals surface area contributed by atoms with E-state index in [0.29, 0.717) is 24.8 Å². The van der Waals surface area contributed by atoms with Crippen LogP contribution in [0, 0.1) is 11.7 Å². The van der Waals surface area contributed by atoms with Gasteiger partial charge in [-0.2, -0.15) is 15.4 Å². The van der Waals surface area contributed by atoms with E-state index in [1.54, 1.807) is 12.3 Å². The Labute approximate surface area is 167 Å². The van der Waals surface area contributed by atoms with Crippen molar-refractivity contribution in [3.05, 3.63) is 40.9 Å². The van der Waals surface area contributed by atoms with Crippen LogP contribution in [0.15, 0.2) is 24.4 Å². The summed E-state index contributed by atoms with van der Waals surface area (Å²) in [7, 11) is 0. The highest BCUT2D eigenvalue weighted by Gasteiger charge is 2.33. The van der Waals surface area contributed by atoms with E-state index in [1.807, 2.05) is 9.80 Å². The number of carbonyl (C=O) groups is 1. The summed E-state index contributed by atoms with van der Waals surface area (Å²) in [6, 6.07) is 4.24. The van der Waals surface area contributed by atoms with Crippen molar-refractivity contribution < 1.29 is 13.9 Å². The number of likely N-dealkylation sites (tertiary alicyclic amines) is 2. The van der Waals surface area contributed by atoms with Crippen molar-refractivity contribution in [3.63, 3.8) is 0 Å². The van der Waals surface area contributed by atoms with Gasteiger partial charge >= 0.3 is 6.03 Å². The molecule has 0 saturated carbocycles. The van der Waals surface area contributed by atoms with Gasteiger partial charge in [0.15, 0.2) is 0 Å². The number of nitrogens with zero attached hydrogens (tertiary/aromatic N) is 4. The molecule has 2 saturated heterocycles. The highest BCUT2D eigenvalue weighted by atomic mass is 35.5. The van der Waals surface area contributed by atoms with Gasteiger partial charge in [-0.05, 0) is 43.4 Å². The lowest BCUT2D eigenvalue weighted by Gasteiger charge is -2.34. The molecule has 0 spiro atoms. The molecule has 2 aliphatic heterocycles. The van der Waals surface area contributed by atoms with Gasteiger partial charge in [0.2, 0.25) is 0 Å². The number of rotatable bonds is 4. The Bertz CT molecular complexity index is 811. The molecule has 9 heteroatoms. The fourth-order valence-corrected chi connectivity index (χ4v) is 4.10. The second kappa shape index (κ2) is 8.34.